The molecule has 33 heavy (non-hydrogen) atoms. The average molecular weight is 451 g/mol. The molecule has 1 aliphatic heterocycles. The van der Waals surface area contributed by atoms with Gasteiger partial charge in [-0.15, -0.1) is 0 Å². The number of para-hydroxylation sites is 2. The van der Waals surface area contributed by atoms with E-state index in [9.17, 15) is 9.90 Å². The molecule has 4 nitrogen and oxygen atoms in total. The van der Waals surface area contributed by atoms with E-state index in [0.29, 0.717) is 16.2 Å². The minimum atomic E-state index is -0.157. The van der Waals surface area contributed by atoms with E-state index in [1.165, 1.54) is 0 Å². The van der Waals surface area contributed by atoms with Crippen LogP contribution in [0.25, 0.3) is 27.7 Å². The molecule has 0 amide bonds. The van der Waals surface area contributed by atoms with Gasteiger partial charge in [0.2, 0.25) is 5.78 Å². The van der Waals surface area contributed by atoms with E-state index in [1.54, 1.807) is 0 Å². The van der Waals surface area contributed by atoms with Gasteiger partial charge in [0.25, 0.3) is 0 Å². The zero-order valence-corrected chi connectivity index (χ0v) is 18.8. The number of hydrogen-bond acceptors (Lipinski definition) is 3. The maximum absolute atomic E-state index is 13.5. The van der Waals surface area contributed by atoms with Crippen LogP contribution in [0.5, 0.6) is 0 Å². The molecule has 6 rings (SSSR count). The summed E-state index contributed by atoms with van der Waals surface area (Å²) < 4.78 is 2.09. The Hall–Kier alpha value is -3.89. The second kappa shape index (κ2) is 7.06. The Kier molecular flexibility index (Phi) is 4.23. The van der Waals surface area contributed by atoms with E-state index in [1.807, 2.05) is 86.6 Å². The summed E-state index contributed by atoms with van der Waals surface area (Å²) in [7, 11) is 0. The van der Waals surface area contributed by atoms with Crippen molar-refractivity contribution < 1.29 is 9.90 Å². The molecule has 5 heteroatoms. The average Bonchev–Trinajstić information content (AvgIpc) is 3.29. The highest BCUT2D eigenvalue weighted by Gasteiger charge is 2.41. The minimum Gasteiger partial charge on any atom is -0.506 e. The van der Waals surface area contributed by atoms with Gasteiger partial charge in [0.05, 0.1) is 22.4 Å². The first kappa shape index (κ1) is 19.8. The van der Waals surface area contributed by atoms with Crippen molar-refractivity contribution in [3.8, 4) is 5.69 Å². The second-order valence-corrected chi connectivity index (χ2v) is 8.74. The van der Waals surface area contributed by atoms with Gasteiger partial charge in [0.15, 0.2) is 0 Å². The lowest BCUT2D eigenvalue weighted by molar-refractivity contribution is -0.111. The molecule has 3 aromatic carbocycles. The molecule has 0 bridgehead atoms. The van der Waals surface area contributed by atoms with Gasteiger partial charge in [-0.1, -0.05) is 48.0 Å². The van der Waals surface area contributed by atoms with Crippen molar-refractivity contribution in [2.45, 2.75) is 13.8 Å². The number of rotatable bonds is 2. The van der Waals surface area contributed by atoms with Crippen LogP contribution in [0.4, 0.5) is 5.69 Å². The first-order valence-corrected chi connectivity index (χ1v) is 11.1. The molecule has 0 fully saturated rings. The Balaban J connectivity index is 1.60. The van der Waals surface area contributed by atoms with Crippen LogP contribution in [0.1, 0.15) is 23.7 Å². The van der Waals surface area contributed by atoms with Gasteiger partial charge in [-0.25, -0.2) is 0 Å². The molecule has 0 radical (unpaired) electrons. The largest absolute Gasteiger partial charge is 0.506 e. The van der Waals surface area contributed by atoms with Gasteiger partial charge in [-0.3, -0.25) is 9.79 Å². The highest BCUT2D eigenvalue weighted by atomic mass is 35.5. The smallest absolute Gasteiger partial charge is 0.201 e. The Morgan fingerprint density at radius 2 is 1.55 bits per heavy atom. The standard InChI is InChI=1S/C28H19ClN2O2/c1-15-23(19-7-3-5-9-21(19)30-15)25-27(32)26(28(25)33)24-16(2)31(18-13-11-17(29)12-14-18)22-10-6-4-8-20(22)24/h3-14,32H,1-2H3/b25-23-. The SMILES string of the molecule is CC1=Nc2ccccc2/C1=C1\C(=O)C(c2c(C)n(-c3ccc(Cl)cc3)c3ccccc23)=C1O. The van der Waals surface area contributed by atoms with Crippen LogP contribution in [0.15, 0.2) is 89.1 Å². The maximum Gasteiger partial charge on any atom is 0.201 e. The molecule has 1 aromatic heterocycles. The third-order valence-electron chi connectivity index (χ3n) is 6.45. The van der Waals surface area contributed by atoms with E-state index in [0.717, 1.165) is 50.4 Å². The number of ketones is 1. The zero-order chi connectivity index (χ0) is 22.9. The van der Waals surface area contributed by atoms with Gasteiger partial charge in [0.1, 0.15) is 5.76 Å². The normalized spacial score (nSPS) is 17.4. The maximum atomic E-state index is 13.5. The number of Topliss-reactive ketones (excluding diaryl/α,β-unsaturated/α-hetero) is 1. The van der Waals surface area contributed by atoms with E-state index in [-0.39, 0.29) is 11.5 Å². The molecule has 0 saturated carbocycles. The molecular weight excluding hydrogens is 432 g/mol. The summed E-state index contributed by atoms with van der Waals surface area (Å²) in [5.74, 6) is -0.126. The molecule has 0 spiro atoms. The summed E-state index contributed by atoms with van der Waals surface area (Å²) in [5.41, 5.74) is 7.41. The molecule has 2 heterocycles. The molecule has 4 aromatic rings. The summed E-state index contributed by atoms with van der Waals surface area (Å²) in [5, 5.41) is 12.8. The molecular formula is C28H19ClN2O2. The fourth-order valence-corrected chi connectivity index (χ4v) is 5.13. The van der Waals surface area contributed by atoms with Crippen LogP contribution in [-0.4, -0.2) is 21.2 Å². The molecule has 0 atom stereocenters. The van der Waals surface area contributed by atoms with E-state index in [4.69, 9.17) is 11.6 Å². The van der Waals surface area contributed by atoms with Gasteiger partial charge in [0, 0.05) is 44.2 Å². The Morgan fingerprint density at radius 1 is 0.848 bits per heavy atom. The number of aliphatic hydroxyl groups is 1. The number of aliphatic hydroxyl groups excluding tert-OH is 1. The Morgan fingerprint density at radius 3 is 2.30 bits per heavy atom. The van der Waals surface area contributed by atoms with Crippen molar-refractivity contribution in [2.75, 3.05) is 0 Å². The monoisotopic (exact) mass is 450 g/mol. The van der Waals surface area contributed by atoms with Crippen molar-refractivity contribution in [3.05, 3.63) is 106 Å². The van der Waals surface area contributed by atoms with Crippen molar-refractivity contribution in [3.63, 3.8) is 0 Å². The summed E-state index contributed by atoms with van der Waals surface area (Å²) in [4.78, 5) is 18.1. The van der Waals surface area contributed by atoms with Gasteiger partial charge in [-0.05, 0) is 50.2 Å². The quantitative estimate of drug-likeness (QED) is 0.334. The number of aromatic nitrogens is 1. The molecule has 160 valence electrons. The van der Waals surface area contributed by atoms with Crippen molar-refractivity contribution in [1.82, 2.24) is 4.57 Å². The summed E-state index contributed by atoms with van der Waals surface area (Å²) >= 11 is 6.10. The number of aliphatic imine (C=N–C) groups is 1. The van der Waals surface area contributed by atoms with Gasteiger partial charge < -0.3 is 9.67 Å². The number of allylic oxidation sites excluding steroid dienone is 3. The van der Waals surface area contributed by atoms with Crippen LogP contribution < -0.4 is 0 Å². The van der Waals surface area contributed by atoms with Crippen LogP contribution in [0.2, 0.25) is 5.02 Å². The topological polar surface area (TPSA) is 54.6 Å². The number of fused-ring (bicyclic) bond motifs is 2. The van der Waals surface area contributed by atoms with Crippen LogP contribution in [0.3, 0.4) is 0 Å². The van der Waals surface area contributed by atoms with Crippen molar-refractivity contribution in [1.29, 1.82) is 0 Å². The number of halogens is 1. The highest BCUT2D eigenvalue weighted by molar-refractivity contribution is 6.47. The second-order valence-electron chi connectivity index (χ2n) is 8.31. The molecule has 2 aliphatic rings. The van der Waals surface area contributed by atoms with E-state index in [2.05, 4.69) is 9.56 Å². The lowest BCUT2D eigenvalue weighted by atomic mass is 9.78. The molecule has 0 saturated heterocycles. The van der Waals surface area contributed by atoms with Crippen LogP contribution >= 0.6 is 11.6 Å². The minimum absolute atomic E-state index is 0.0309. The molecule has 1 N–H and O–H groups in total. The Labute approximate surface area is 195 Å². The third-order valence-corrected chi connectivity index (χ3v) is 6.70. The fraction of sp³-hybridized carbons (Fsp3) is 0.0714. The highest BCUT2D eigenvalue weighted by Crippen LogP contribution is 2.47. The number of benzene rings is 3. The Bertz CT molecular complexity index is 1600. The van der Waals surface area contributed by atoms with E-state index < -0.39 is 0 Å². The third kappa shape index (κ3) is 2.71. The predicted molar refractivity (Wildman–Crippen MR) is 134 cm³/mol. The number of nitrogens with zero attached hydrogens (tertiary/aromatic N) is 2. The first-order chi connectivity index (χ1) is 16.0. The molecule has 0 unspecified atom stereocenters. The van der Waals surface area contributed by atoms with Gasteiger partial charge >= 0.3 is 0 Å². The predicted octanol–water partition coefficient (Wildman–Crippen LogP) is 7.00. The number of hydrogen-bond donors (Lipinski definition) is 1. The van der Waals surface area contributed by atoms with Gasteiger partial charge in [-0.2, -0.15) is 0 Å². The lowest BCUT2D eigenvalue weighted by Gasteiger charge is -2.24. The van der Waals surface area contributed by atoms with Crippen molar-refractivity contribution in [2.24, 2.45) is 4.99 Å². The lowest BCUT2D eigenvalue weighted by Crippen LogP contribution is -2.24. The number of carbonyl (C=O) groups is 1. The number of carbonyl (C=O) groups excluding carboxylic acids is 1. The summed E-state index contributed by atoms with van der Waals surface area (Å²) in [6, 6.07) is 23.2. The van der Waals surface area contributed by atoms with E-state index >= 15 is 0 Å². The van der Waals surface area contributed by atoms with Crippen LogP contribution in [0, 0.1) is 6.92 Å². The summed E-state index contributed by atoms with van der Waals surface area (Å²) in [6.07, 6.45) is 0. The van der Waals surface area contributed by atoms with Crippen LogP contribution in [-0.2, 0) is 4.79 Å². The molecule has 1 aliphatic carbocycles. The zero-order valence-electron chi connectivity index (χ0n) is 18.1. The first-order valence-electron chi connectivity index (χ1n) is 10.7. The van der Waals surface area contributed by atoms with Crippen molar-refractivity contribution >= 4 is 50.8 Å². The summed E-state index contributed by atoms with van der Waals surface area (Å²) in [6.45, 7) is 3.85. The fourth-order valence-electron chi connectivity index (χ4n) is 5.00.